The molecule has 8 heteroatoms. The van der Waals surface area contributed by atoms with E-state index in [-0.39, 0.29) is 11.3 Å². The summed E-state index contributed by atoms with van der Waals surface area (Å²) in [5, 5.41) is 15.8. The van der Waals surface area contributed by atoms with Crippen molar-refractivity contribution in [2.45, 2.75) is 13.8 Å². The minimum atomic E-state index is -0.405. The van der Waals surface area contributed by atoms with Crippen molar-refractivity contribution in [1.82, 2.24) is 20.0 Å². The molecule has 2 aromatic heterocycles. The number of halogens is 1. The van der Waals surface area contributed by atoms with Gasteiger partial charge in [-0.25, -0.2) is 14.2 Å². The first kappa shape index (κ1) is 21.3. The summed E-state index contributed by atoms with van der Waals surface area (Å²) in [6.07, 6.45) is 1.74. The predicted octanol–water partition coefficient (Wildman–Crippen LogP) is 5.21. The van der Waals surface area contributed by atoms with Gasteiger partial charge in [0.25, 0.3) is 11.5 Å². The van der Waals surface area contributed by atoms with Gasteiger partial charge in [0, 0.05) is 34.3 Å². The van der Waals surface area contributed by atoms with Crippen molar-refractivity contribution in [1.29, 1.82) is 0 Å². The summed E-state index contributed by atoms with van der Waals surface area (Å²) in [6.45, 7) is 3.79. The number of carbonyl (C=O) groups is 1. The lowest BCUT2D eigenvalue weighted by Gasteiger charge is -2.07. The summed E-state index contributed by atoms with van der Waals surface area (Å²) >= 11 is 0. The third kappa shape index (κ3) is 3.86. The summed E-state index contributed by atoms with van der Waals surface area (Å²) < 4.78 is 15.3. The van der Waals surface area contributed by atoms with Crippen LogP contribution in [-0.4, -0.2) is 25.9 Å². The van der Waals surface area contributed by atoms with Crippen molar-refractivity contribution in [3.8, 4) is 11.3 Å². The van der Waals surface area contributed by atoms with E-state index >= 15 is 0 Å². The molecule has 0 saturated heterocycles. The Kier molecular flexibility index (Phi) is 5.25. The maximum absolute atomic E-state index is 13.8. The number of hydrogen-bond donors (Lipinski definition) is 2. The van der Waals surface area contributed by atoms with E-state index in [4.69, 9.17) is 0 Å². The first-order valence-corrected chi connectivity index (χ1v) is 10.6. The zero-order chi connectivity index (χ0) is 23.8. The molecular formula is C26H20FN5O2. The average molecular weight is 453 g/mol. The van der Waals surface area contributed by atoms with Crippen molar-refractivity contribution in [3.63, 3.8) is 0 Å². The molecule has 1 amide bonds. The highest BCUT2D eigenvalue weighted by Crippen LogP contribution is 2.26. The van der Waals surface area contributed by atoms with Crippen LogP contribution in [-0.2, 0) is 0 Å². The topological polar surface area (TPSA) is 92.7 Å². The normalized spacial score (nSPS) is 11.0. The Balaban J connectivity index is 1.46. The highest BCUT2D eigenvalue weighted by molar-refractivity contribution is 6.11. The highest BCUT2D eigenvalue weighted by Gasteiger charge is 2.18. The van der Waals surface area contributed by atoms with E-state index < -0.39 is 11.7 Å². The van der Waals surface area contributed by atoms with Gasteiger partial charge in [-0.1, -0.05) is 35.9 Å². The Hall–Kier alpha value is -4.59. The lowest BCUT2D eigenvalue weighted by molar-refractivity contribution is 0.102. The van der Waals surface area contributed by atoms with Crippen LogP contribution in [0, 0.1) is 5.82 Å². The molecule has 2 N–H and O–H groups in total. The molecule has 0 radical (unpaired) electrons. The zero-order valence-electron chi connectivity index (χ0n) is 18.5. The second-order valence-electron chi connectivity index (χ2n) is 8.14. The van der Waals surface area contributed by atoms with Crippen LogP contribution in [0.3, 0.4) is 0 Å². The van der Waals surface area contributed by atoms with Gasteiger partial charge in [-0.2, -0.15) is 10.2 Å². The smallest absolute Gasteiger partial charge is 0.276 e. The van der Waals surface area contributed by atoms with Crippen LogP contribution in [0.2, 0.25) is 0 Å². The molecule has 5 aromatic rings. The molecule has 3 aromatic carbocycles. The van der Waals surface area contributed by atoms with Crippen LogP contribution >= 0.6 is 0 Å². The molecule has 0 atom stereocenters. The van der Waals surface area contributed by atoms with Crippen LogP contribution in [0.4, 0.5) is 10.1 Å². The Labute approximate surface area is 193 Å². The highest BCUT2D eigenvalue weighted by atomic mass is 19.1. The van der Waals surface area contributed by atoms with Gasteiger partial charge in [0.1, 0.15) is 5.82 Å². The monoisotopic (exact) mass is 453 g/mol. The minimum absolute atomic E-state index is 0.199. The van der Waals surface area contributed by atoms with Crippen molar-refractivity contribution >= 4 is 39.5 Å². The minimum Gasteiger partial charge on any atom is -0.321 e. The number of rotatable bonds is 4. The van der Waals surface area contributed by atoms with Gasteiger partial charge in [0.2, 0.25) is 0 Å². The quantitative estimate of drug-likeness (QED) is 0.391. The molecule has 5 rings (SSSR count). The van der Waals surface area contributed by atoms with Crippen molar-refractivity contribution in [2.24, 2.45) is 0 Å². The molecule has 34 heavy (non-hydrogen) atoms. The fourth-order valence-corrected chi connectivity index (χ4v) is 3.86. The third-order valence-corrected chi connectivity index (χ3v) is 5.38. The molecule has 7 nitrogen and oxygen atoms in total. The molecule has 168 valence electrons. The standard InChI is InChI=1S/C26H20FN5O2/c1-15(2)14-32-22-13-17(27)9-12-21(22)24(31-32)26(34)28-18-10-7-16(8-11-18)23-19-5-3-4-6-20(19)25(33)30-29-23/h3-14H,1-2H3,(H,28,34)(H,30,33). The van der Waals surface area contributed by atoms with E-state index in [0.29, 0.717) is 27.7 Å². The average Bonchev–Trinajstić information content (AvgIpc) is 3.17. The SMILES string of the molecule is CC(C)=Cn1nc(C(=O)Nc2ccc(-c3n[nH]c(=O)c4ccccc34)cc2)c2ccc(F)cc21. The van der Waals surface area contributed by atoms with E-state index in [1.165, 1.54) is 16.8 Å². The number of allylic oxidation sites excluding steroid dienone is 1. The maximum atomic E-state index is 13.8. The number of hydrogen-bond acceptors (Lipinski definition) is 4. The van der Waals surface area contributed by atoms with E-state index in [2.05, 4.69) is 20.6 Å². The lowest BCUT2D eigenvalue weighted by Crippen LogP contribution is -2.13. The molecule has 0 aliphatic heterocycles. The van der Waals surface area contributed by atoms with Crippen LogP contribution < -0.4 is 10.9 Å². The second kappa shape index (κ2) is 8.40. The lowest BCUT2D eigenvalue weighted by atomic mass is 10.0. The first-order chi connectivity index (χ1) is 16.4. The Bertz CT molecular complexity index is 1640. The number of nitrogens with one attached hydrogen (secondary N) is 2. The number of nitrogens with zero attached hydrogens (tertiary/aromatic N) is 3. The van der Waals surface area contributed by atoms with Gasteiger partial charge in [0.15, 0.2) is 5.69 Å². The summed E-state index contributed by atoms with van der Waals surface area (Å²) in [5.74, 6) is -0.806. The first-order valence-electron chi connectivity index (χ1n) is 10.6. The fourth-order valence-electron chi connectivity index (χ4n) is 3.86. The number of aromatic amines is 1. The van der Waals surface area contributed by atoms with Gasteiger partial charge < -0.3 is 5.32 Å². The van der Waals surface area contributed by atoms with Crippen molar-refractivity contribution in [2.75, 3.05) is 5.32 Å². The van der Waals surface area contributed by atoms with E-state index in [9.17, 15) is 14.0 Å². The van der Waals surface area contributed by atoms with Gasteiger partial charge in [-0.15, -0.1) is 0 Å². The van der Waals surface area contributed by atoms with Crippen molar-refractivity contribution < 1.29 is 9.18 Å². The maximum Gasteiger partial charge on any atom is 0.276 e. The number of anilines is 1. The molecule has 0 unspecified atom stereocenters. The summed E-state index contributed by atoms with van der Waals surface area (Å²) in [7, 11) is 0. The molecule has 2 heterocycles. The second-order valence-corrected chi connectivity index (χ2v) is 8.14. The summed E-state index contributed by atoms with van der Waals surface area (Å²) in [6, 6.07) is 18.6. The zero-order valence-corrected chi connectivity index (χ0v) is 18.5. The molecule has 0 aliphatic rings. The number of H-pyrrole nitrogens is 1. The predicted molar refractivity (Wildman–Crippen MR) is 131 cm³/mol. The molecule has 0 bridgehead atoms. The molecule has 0 spiro atoms. The van der Waals surface area contributed by atoms with E-state index in [0.717, 1.165) is 16.5 Å². The fraction of sp³-hybridized carbons (Fsp3) is 0.0769. The van der Waals surface area contributed by atoms with Gasteiger partial charge >= 0.3 is 0 Å². The van der Waals surface area contributed by atoms with Gasteiger partial charge in [-0.3, -0.25) is 9.59 Å². The van der Waals surface area contributed by atoms with Gasteiger partial charge in [-0.05, 0) is 44.2 Å². The molecule has 0 fully saturated rings. The number of benzene rings is 3. The molecule has 0 saturated carbocycles. The Morgan fingerprint density at radius 3 is 2.47 bits per heavy atom. The molecular weight excluding hydrogens is 433 g/mol. The van der Waals surface area contributed by atoms with Crippen LogP contribution in [0.1, 0.15) is 24.3 Å². The van der Waals surface area contributed by atoms with Crippen LogP contribution in [0.25, 0.3) is 39.1 Å². The van der Waals surface area contributed by atoms with Gasteiger partial charge in [0.05, 0.1) is 16.6 Å². The van der Waals surface area contributed by atoms with Crippen molar-refractivity contribution in [3.05, 3.63) is 94.2 Å². The summed E-state index contributed by atoms with van der Waals surface area (Å²) in [5.41, 5.74) is 3.42. The molecule has 0 aliphatic carbocycles. The number of amides is 1. The van der Waals surface area contributed by atoms with Crippen LogP contribution in [0.5, 0.6) is 0 Å². The summed E-state index contributed by atoms with van der Waals surface area (Å²) in [4.78, 5) is 25.1. The number of fused-ring (bicyclic) bond motifs is 2. The van der Waals surface area contributed by atoms with E-state index in [1.54, 1.807) is 36.5 Å². The third-order valence-electron chi connectivity index (χ3n) is 5.38. The number of carbonyl (C=O) groups excluding carboxylic acids is 1. The number of aromatic nitrogens is 4. The Morgan fingerprint density at radius 2 is 1.74 bits per heavy atom. The Morgan fingerprint density at radius 1 is 1.00 bits per heavy atom. The van der Waals surface area contributed by atoms with Crippen LogP contribution in [0.15, 0.2) is 77.1 Å². The van der Waals surface area contributed by atoms with E-state index in [1.807, 2.05) is 38.1 Å². The largest absolute Gasteiger partial charge is 0.321 e.